The highest BCUT2D eigenvalue weighted by atomic mass is 19.1. The van der Waals surface area contributed by atoms with E-state index >= 15 is 0 Å². The number of aliphatic hydroxyl groups is 1. The normalized spacial score (nSPS) is 16.9. The zero-order chi connectivity index (χ0) is 13.3. The second-order valence-electron chi connectivity index (χ2n) is 5.04. The van der Waals surface area contributed by atoms with Crippen molar-refractivity contribution in [3.05, 3.63) is 48.2 Å². The van der Waals surface area contributed by atoms with E-state index in [2.05, 4.69) is 9.97 Å². The summed E-state index contributed by atoms with van der Waals surface area (Å²) >= 11 is 0. The molecule has 0 bridgehead atoms. The molecule has 0 amide bonds. The molecule has 1 aromatic carbocycles. The van der Waals surface area contributed by atoms with Crippen molar-refractivity contribution >= 4 is 0 Å². The van der Waals surface area contributed by atoms with E-state index in [1.165, 1.54) is 6.07 Å². The maximum Gasteiger partial charge on any atom is 0.137 e. The van der Waals surface area contributed by atoms with E-state index in [0.29, 0.717) is 17.1 Å². The lowest BCUT2D eigenvalue weighted by molar-refractivity contribution is 0.112. The molecule has 1 aromatic heterocycles. The topological polar surface area (TPSA) is 46.0 Å². The second kappa shape index (κ2) is 4.70. The van der Waals surface area contributed by atoms with Gasteiger partial charge in [0.2, 0.25) is 0 Å². The van der Waals surface area contributed by atoms with E-state index in [-0.39, 0.29) is 17.8 Å². The third-order valence-corrected chi connectivity index (χ3v) is 3.89. The molecule has 3 rings (SSSR count). The van der Waals surface area contributed by atoms with Crippen molar-refractivity contribution in [1.82, 2.24) is 9.97 Å². The van der Waals surface area contributed by atoms with Crippen LogP contribution in [0.1, 0.15) is 25.1 Å². The van der Waals surface area contributed by atoms with E-state index in [1.807, 2.05) is 0 Å². The molecule has 0 saturated heterocycles. The predicted octanol–water partition coefficient (Wildman–Crippen LogP) is 2.70. The molecule has 0 radical (unpaired) electrons. The van der Waals surface area contributed by atoms with Crippen LogP contribution in [0.25, 0.3) is 11.3 Å². The minimum absolute atomic E-state index is 0.0493. The molecule has 0 unspecified atom stereocenters. The van der Waals surface area contributed by atoms with Gasteiger partial charge in [0.05, 0.1) is 17.7 Å². The predicted molar refractivity (Wildman–Crippen MR) is 70.0 cm³/mol. The maximum absolute atomic E-state index is 13.8. The van der Waals surface area contributed by atoms with Gasteiger partial charge in [0.25, 0.3) is 0 Å². The number of halogens is 1. The van der Waals surface area contributed by atoms with Crippen LogP contribution in [0.5, 0.6) is 0 Å². The summed E-state index contributed by atoms with van der Waals surface area (Å²) in [5.41, 5.74) is 0.725. The quantitative estimate of drug-likeness (QED) is 0.920. The molecule has 4 heteroatoms. The number of aliphatic hydroxyl groups excluding tert-OH is 1. The minimum atomic E-state index is -0.318. The van der Waals surface area contributed by atoms with Gasteiger partial charge in [0, 0.05) is 11.8 Å². The van der Waals surface area contributed by atoms with Crippen LogP contribution in [-0.2, 0) is 5.41 Å². The number of hydrogen-bond acceptors (Lipinski definition) is 3. The molecule has 0 spiro atoms. The van der Waals surface area contributed by atoms with Gasteiger partial charge < -0.3 is 5.11 Å². The van der Waals surface area contributed by atoms with Gasteiger partial charge >= 0.3 is 0 Å². The van der Waals surface area contributed by atoms with E-state index < -0.39 is 0 Å². The Kier molecular flexibility index (Phi) is 3.03. The largest absolute Gasteiger partial charge is 0.395 e. The van der Waals surface area contributed by atoms with Crippen molar-refractivity contribution in [1.29, 1.82) is 0 Å². The van der Waals surface area contributed by atoms with Crippen LogP contribution in [0.4, 0.5) is 4.39 Å². The summed E-state index contributed by atoms with van der Waals surface area (Å²) in [6, 6.07) is 8.26. The Morgan fingerprint density at radius 1 is 1.21 bits per heavy atom. The van der Waals surface area contributed by atoms with Crippen molar-refractivity contribution in [3.63, 3.8) is 0 Å². The Bertz CT molecular complexity index is 591. The molecule has 1 aliphatic rings. The summed E-state index contributed by atoms with van der Waals surface area (Å²) in [5, 5.41) is 9.55. The van der Waals surface area contributed by atoms with Crippen LogP contribution >= 0.6 is 0 Å². The standard InChI is InChI=1S/C15H15FN2O/c16-12-5-2-1-4-11(12)13-6-9-17-14(18-13)15(10-19)7-3-8-15/h1-2,4-6,9,19H,3,7-8,10H2. The summed E-state index contributed by atoms with van der Waals surface area (Å²) in [7, 11) is 0. The van der Waals surface area contributed by atoms with Gasteiger partial charge in [-0.1, -0.05) is 18.6 Å². The van der Waals surface area contributed by atoms with Crippen molar-refractivity contribution < 1.29 is 9.50 Å². The van der Waals surface area contributed by atoms with Crippen LogP contribution in [0.2, 0.25) is 0 Å². The number of benzene rings is 1. The highest BCUT2D eigenvalue weighted by Gasteiger charge is 2.40. The van der Waals surface area contributed by atoms with Gasteiger partial charge in [-0.15, -0.1) is 0 Å². The molecule has 1 N–H and O–H groups in total. The van der Waals surface area contributed by atoms with Crippen molar-refractivity contribution in [2.24, 2.45) is 0 Å². The van der Waals surface area contributed by atoms with E-state index in [1.54, 1.807) is 30.5 Å². The first kappa shape index (κ1) is 12.2. The fraction of sp³-hybridized carbons (Fsp3) is 0.333. The fourth-order valence-electron chi connectivity index (χ4n) is 2.49. The van der Waals surface area contributed by atoms with Crippen LogP contribution in [0.3, 0.4) is 0 Å². The summed E-state index contributed by atoms with van der Waals surface area (Å²) in [4.78, 5) is 8.72. The monoisotopic (exact) mass is 258 g/mol. The van der Waals surface area contributed by atoms with E-state index in [0.717, 1.165) is 19.3 Å². The molecule has 98 valence electrons. The summed E-state index contributed by atoms with van der Waals surface area (Å²) < 4.78 is 13.8. The first-order chi connectivity index (χ1) is 9.25. The van der Waals surface area contributed by atoms with Crippen LogP contribution in [-0.4, -0.2) is 21.7 Å². The molecule has 2 aromatic rings. The first-order valence-corrected chi connectivity index (χ1v) is 6.44. The summed E-state index contributed by atoms with van der Waals surface area (Å²) in [6.07, 6.45) is 4.50. The Hall–Kier alpha value is -1.81. The molecule has 1 aliphatic carbocycles. The second-order valence-corrected chi connectivity index (χ2v) is 5.04. The number of nitrogens with zero attached hydrogens (tertiary/aromatic N) is 2. The molecule has 1 fully saturated rings. The Labute approximate surface area is 111 Å². The number of aromatic nitrogens is 2. The number of rotatable bonds is 3. The summed E-state index contributed by atoms with van der Waals surface area (Å²) in [5.74, 6) is 0.334. The van der Waals surface area contributed by atoms with Gasteiger partial charge in [-0.05, 0) is 31.0 Å². The van der Waals surface area contributed by atoms with Crippen LogP contribution in [0.15, 0.2) is 36.5 Å². The van der Waals surface area contributed by atoms with Gasteiger partial charge in [0.1, 0.15) is 11.6 Å². The third-order valence-electron chi connectivity index (χ3n) is 3.89. The Balaban J connectivity index is 2.03. The Morgan fingerprint density at radius 3 is 2.63 bits per heavy atom. The maximum atomic E-state index is 13.8. The average Bonchev–Trinajstić information content (AvgIpc) is 2.39. The molecule has 0 aliphatic heterocycles. The fourth-order valence-corrected chi connectivity index (χ4v) is 2.49. The highest BCUT2D eigenvalue weighted by molar-refractivity contribution is 5.59. The van der Waals surface area contributed by atoms with Gasteiger partial charge in [-0.25, -0.2) is 14.4 Å². The SMILES string of the molecule is OCC1(c2nccc(-c3ccccc3F)n2)CCC1. The highest BCUT2D eigenvalue weighted by Crippen LogP contribution is 2.41. The third kappa shape index (κ3) is 2.02. The lowest BCUT2D eigenvalue weighted by atomic mass is 9.68. The number of hydrogen-bond donors (Lipinski definition) is 1. The molecule has 1 saturated carbocycles. The molecular weight excluding hydrogens is 243 g/mol. The average molecular weight is 258 g/mol. The summed E-state index contributed by atoms with van der Waals surface area (Å²) in [6.45, 7) is 0.0493. The van der Waals surface area contributed by atoms with Crippen LogP contribution in [0, 0.1) is 5.82 Å². The van der Waals surface area contributed by atoms with Crippen molar-refractivity contribution in [2.45, 2.75) is 24.7 Å². The molecule has 1 heterocycles. The minimum Gasteiger partial charge on any atom is -0.395 e. The lowest BCUT2D eigenvalue weighted by Crippen LogP contribution is -2.39. The smallest absolute Gasteiger partial charge is 0.137 e. The van der Waals surface area contributed by atoms with E-state index in [9.17, 15) is 9.50 Å². The lowest BCUT2D eigenvalue weighted by Gasteiger charge is -2.38. The van der Waals surface area contributed by atoms with Gasteiger partial charge in [-0.2, -0.15) is 0 Å². The zero-order valence-electron chi connectivity index (χ0n) is 10.5. The van der Waals surface area contributed by atoms with Crippen LogP contribution < -0.4 is 0 Å². The molecule has 0 atom stereocenters. The zero-order valence-corrected chi connectivity index (χ0v) is 10.5. The molecular formula is C15H15FN2O. The Morgan fingerprint density at radius 2 is 2.00 bits per heavy atom. The van der Waals surface area contributed by atoms with Crippen molar-refractivity contribution in [2.75, 3.05) is 6.61 Å². The molecule has 19 heavy (non-hydrogen) atoms. The molecule has 3 nitrogen and oxygen atoms in total. The first-order valence-electron chi connectivity index (χ1n) is 6.44. The van der Waals surface area contributed by atoms with Gasteiger partial charge in [-0.3, -0.25) is 0 Å². The van der Waals surface area contributed by atoms with E-state index in [4.69, 9.17) is 0 Å². The van der Waals surface area contributed by atoms with Crippen molar-refractivity contribution in [3.8, 4) is 11.3 Å². The van der Waals surface area contributed by atoms with Gasteiger partial charge in [0.15, 0.2) is 0 Å².